The molecule has 0 bridgehead atoms. The van der Waals surface area contributed by atoms with Crippen molar-refractivity contribution in [1.29, 1.82) is 0 Å². The van der Waals surface area contributed by atoms with E-state index in [9.17, 15) is 4.39 Å². The van der Waals surface area contributed by atoms with E-state index in [1.54, 1.807) is 12.1 Å². The van der Waals surface area contributed by atoms with Crippen LogP contribution in [-0.2, 0) is 12.5 Å². The monoisotopic (exact) mass is 250 g/mol. The number of ether oxygens (including phenoxy) is 1. The van der Waals surface area contributed by atoms with Crippen molar-refractivity contribution in [2.45, 2.75) is 12.5 Å². The average Bonchev–Trinajstić information content (AvgIpc) is 2.38. The molecule has 0 aromatic heterocycles. The molecule has 88 valence electrons. The van der Waals surface area contributed by atoms with Crippen LogP contribution in [0.15, 0.2) is 48.5 Å². The van der Waals surface area contributed by atoms with Gasteiger partial charge in [-0.25, -0.2) is 4.39 Å². The molecular weight excluding hydrogens is 239 g/mol. The number of benzene rings is 2. The second-order valence-electron chi connectivity index (χ2n) is 3.66. The highest BCUT2D eigenvalue weighted by Crippen LogP contribution is 2.20. The van der Waals surface area contributed by atoms with E-state index in [0.29, 0.717) is 12.5 Å². The molecule has 0 aliphatic heterocycles. The van der Waals surface area contributed by atoms with Crippen LogP contribution >= 0.6 is 11.6 Å². The summed E-state index contributed by atoms with van der Waals surface area (Å²) in [4.78, 5) is 0. The highest BCUT2D eigenvalue weighted by molar-refractivity contribution is 6.17. The lowest BCUT2D eigenvalue weighted by molar-refractivity contribution is 0.303. The second-order valence-corrected chi connectivity index (χ2v) is 3.92. The quantitative estimate of drug-likeness (QED) is 0.741. The molecule has 0 N–H and O–H groups in total. The van der Waals surface area contributed by atoms with Gasteiger partial charge in [-0.15, -0.1) is 11.6 Å². The Hall–Kier alpha value is -1.54. The summed E-state index contributed by atoms with van der Waals surface area (Å²) in [5.74, 6) is 0.946. The lowest BCUT2D eigenvalue weighted by Crippen LogP contribution is -1.97. The summed E-state index contributed by atoms with van der Waals surface area (Å²) in [6.45, 7) is 0.411. The van der Waals surface area contributed by atoms with E-state index in [-0.39, 0.29) is 5.82 Å². The van der Waals surface area contributed by atoms with Crippen LogP contribution in [0.2, 0.25) is 0 Å². The molecule has 0 heterocycles. The van der Waals surface area contributed by atoms with E-state index >= 15 is 0 Å². The zero-order chi connectivity index (χ0) is 12.1. The predicted molar refractivity (Wildman–Crippen MR) is 66.7 cm³/mol. The third-order valence-corrected chi connectivity index (χ3v) is 2.71. The Labute approximate surface area is 105 Å². The predicted octanol–water partition coefficient (Wildman–Crippen LogP) is 4.14. The number of hydrogen-bond donors (Lipinski definition) is 0. The van der Waals surface area contributed by atoms with Gasteiger partial charge in [-0.2, -0.15) is 0 Å². The number of rotatable bonds is 4. The van der Waals surface area contributed by atoms with Crippen molar-refractivity contribution in [2.75, 3.05) is 0 Å². The fourth-order valence-electron chi connectivity index (χ4n) is 1.50. The summed E-state index contributed by atoms with van der Waals surface area (Å²) in [6.07, 6.45) is 0. The van der Waals surface area contributed by atoms with E-state index in [1.807, 2.05) is 24.3 Å². The lowest BCUT2D eigenvalue weighted by Gasteiger charge is -2.09. The first-order chi connectivity index (χ1) is 8.29. The van der Waals surface area contributed by atoms with Gasteiger partial charge in [0.15, 0.2) is 0 Å². The minimum Gasteiger partial charge on any atom is -0.489 e. The fourth-order valence-corrected chi connectivity index (χ4v) is 1.72. The van der Waals surface area contributed by atoms with E-state index in [0.717, 1.165) is 16.9 Å². The molecule has 0 fully saturated rings. The van der Waals surface area contributed by atoms with Crippen molar-refractivity contribution in [3.05, 3.63) is 65.5 Å². The Morgan fingerprint density at radius 1 is 1.00 bits per heavy atom. The van der Waals surface area contributed by atoms with Gasteiger partial charge in [0.2, 0.25) is 0 Å². The van der Waals surface area contributed by atoms with Gasteiger partial charge in [-0.05, 0) is 23.8 Å². The minimum atomic E-state index is -0.241. The van der Waals surface area contributed by atoms with Crippen molar-refractivity contribution in [2.24, 2.45) is 0 Å². The Morgan fingerprint density at radius 3 is 2.41 bits per heavy atom. The van der Waals surface area contributed by atoms with Gasteiger partial charge in [0.25, 0.3) is 0 Å². The maximum atomic E-state index is 12.7. The third kappa shape index (κ3) is 3.21. The van der Waals surface area contributed by atoms with Crippen molar-refractivity contribution in [3.63, 3.8) is 0 Å². The van der Waals surface area contributed by atoms with Gasteiger partial charge in [0.05, 0.1) is 5.88 Å². The summed E-state index contributed by atoms with van der Waals surface area (Å²) in [7, 11) is 0. The molecule has 3 heteroatoms. The van der Waals surface area contributed by atoms with E-state index in [2.05, 4.69) is 0 Å². The largest absolute Gasteiger partial charge is 0.489 e. The van der Waals surface area contributed by atoms with Gasteiger partial charge in [-0.1, -0.05) is 30.3 Å². The average molecular weight is 251 g/mol. The van der Waals surface area contributed by atoms with Gasteiger partial charge in [0.1, 0.15) is 18.2 Å². The van der Waals surface area contributed by atoms with E-state index in [1.165, 1.54) is 12.1 Å². The molecule has 0 aliphatic carbocycles. The van der Waals surface area contributed by atoms with Gasteiger partial charge in [0, 0.05) is 5.56 Å². The molecule has 0 saturated heterocycles. The highest BCUT2D eigenvalue weighted by atomic mass is 35.5. The summed E-state index contributed by atoms with van der Waals surface area (Å²) in [5.41, 5.74) is 1.88. The third-order valence-electron chi connectivity index (χ3n) is 2.42. The summed E-state index contributed by atoms with van der Waals surface area (Å²) in [5, 5.41) is 0. The zero-order valence-electron chi connectivity index (χ0n) is 9.20. The van der Waals surface area contributed by atoms with E-state index < -0.39 is 0 Å². The Morgan fingerprint density at radius 2 is 1.71 bits per heavy atom. The number of hydrogen-bond acceptors (Lipinski definition) is 1. The number of halogens is 2. The second kappa shape index (κ2) is 5.69. The molecule has 0 radical (unpaired) electrons. The molecule has 2 rings (SSSR count). The Balaban J connectivity index is 2.04. The molecule has 2 aromatic carbocycles. The lowest BCUT2D eigenvalue weighted by atomic mass is 10.2. The van der Waals surface area contributed by atoms with Crippen LogP contribution in [-0.4, -0.2) is 0 Å². The number of para-hydroxylation sites is 1. The maximum Gasteiger partial charge on any atom is 0.124 e. The normalized spacial score (nSPS) is 10.2. The van der Waals surface area contributed by atoms with Crippen LogP contribution in [0.4, 0.5) is 4.39 Å². The van der Waals surface area contributed by atoms with Crippen LogP contribution in [0, 0.1) is 5.82 Å². The molecule has 0 aliphatic rings. The zero-order valence-corrected chi connectivity index (χ0v) is 9.95. The Kier molecular flexibility index (Phi) is 3.99. The van der Waals surface area contributed by atoms with Gasteiger partial charge >= 0.3 is 0 Å². The molecule has 1 nitrogen and oxygen atoms in total. The van der Waals surface area contributed by atoms with Crippen LogP contribution in [0.5, 0.6) is 5.75 Å². The molecule has 0 amide bonds. The van der Waals surface area contributed by atoms with Crippen molar-refractivity contribution in [1.82, 2.24) is 0 Å². The Bertz CT molecular complexity index is 482. The van der Waals surface area contributed by atoms with Gasteiger partial charge < -0.3 is 4.74 Å². The van der Waals surface area contributed by atoms with Crippen LogP contribution in [0.3, 0.4) is 0 Å². The van der Waals surface area contributed by atoms with Crippen LogP contribution in [0.25, 0.3) is 0 Å². The standard InChI is InChI=1S/C14H12ClFO/c15-9-12-3-1-2-4-14(12)17-10-11-5-7-13(16)8-6-11/h1-8H,9-10H2. The van der Waals surface area contributed by atoms with Crippen molar-refractivity contribution in [3.8, 4) is 5.75 Å². The number of alkyl halides is 1. The molecule has 0 saturated carbocycles. The molecule has 17 heavy (non-hydrogen) atoms. The van der Waals surface area contributed by atoms with Crippen molar-refractivity contribution >= 4 is 11.6 Å². The smallest absolute Gasteiger partial charge is 0.124 e. The first-order valence-electron chi connectivity index (χ1n) is 5.30. The molecule has 0 atom stereocenters. The van der Waals surface area contributed by atoms with Crippen molar-refractivity contribution < 1.29 is 9.13 Å². The first-order valence-corrected chi connectivity index (χ1v) is 5.84. The van der Waals surface area contributed by atoms with Crippen LogP contribution < -0.4 is 4.74 Å². The fraction of sp³-hybridized carbons (Fsp3) is 0.143. The molecular formula is C14H12ClFO. The minimum absolute atomic E-state index is 0.241. The summed E-state index contributed by atoms with van der Waals surface area (Å²) >= 11 is 5.81. The van der Waals surface area contributed by atoms with Crippen LogP contribution in [0.1, 0.15) is 11.1 Å². The first kappa shape index (κ1) is 11.9. The summed E-state index contributed by atoms with van der Waals surface area (Å²) in [6, 6.07) is 13.9. The van der Waals surface area contributed by atoms with Gasteiger partial charge in [-0.3, -0.25) is 0 Å². The maximum absolute atomic E-state index is 12.7. The molecule has 0 spiro atoms. The topological polar surface area (TPSA) is 9.23 Å². The highest BCUT2D eigenvalue weighted by Gasteiger charge is 2.02. The molecule has 0 unspecified atom stereocenters. The SMILES string of the molecule is Fc1ccc(COc2ccccc2CCl)cc1. The molecule has 2 aromatic rings. The van der Waals surface area contributed by atoms with E-state index in [4.69, 9.17) is 16.3 Å². The summed E-state index contributed by atoms with van der Waals surface area (Å²) < 4.78 is 18.4.